The van der Waals surface area contributed by atoms with E-state index in [2.05, 4.69) is 4.72 Å². The highest BCUT2D eigenvalue weighted by atomic mass is 32.2. The van der Waals surface area contributed by atoms with E-state index in [0.29, 0.717) is 43.8 Å². The normalized spacial score (nSPS) is 16.6. The lowest BCUT2D eigenvalue weighted by atomic mass is 10.0. The number of piperidine rings is 1. The molecule has 7 heteroatoms. The molecule has 1 heterocycles. The van der Waals surface area contributed by atoms with Crippen LogP contribution in [0.15, 0.2) is 23.1 Å². The Morgan fingerprint density at radius 3 is 2.50 bits per heavy atom. The van der Waals surface area contributed by atoms with E-state index in [1.807, 2.05) is 13.8 Å². The van der Waals surface area contributed by atoms with Gasteiger partial charge in [-0.3, -0.25) is 4.79 Å². The number of nitrogens with one attached hydrogen (secondary N) is 1. The molecule has 1 amide bonds. The number of nitrogens with zero attached hydrogens (tertiary/aromatic N) is 1. The van der Waals surface area contributed by atoms with Crippen molar-refractivity contribution in [2.75, 3.05) is 13.1 Å². The molecule has 2 rings (SSSR count). The average Bonchev–Trinajstić information content (AvgIpc) is 2.49. The monoisotopic (exact) mass is 356 g/mol. The molecule has 1 N–H and O–H groups in total. The molecule has 134 valence electrons. The molecule has 24 heavy (non-hydrogen) atoms. The SMILES string of the molecule is Cc1ccc(S(=O)(=O)NC2CCN(C(=O)CC(C)C)CC2)cc1F. The highest BCUT2D eigenvalue weighted by molar-refractivity contribution is 7.89. The van der Waals surface area contributed by atoms with Gasteiger partial charge in [-0.2, -0.15) is 0 Å². The minimum Gasteiger partial charge on any atom is -0.343 e. The maximum Gasteiger partial charge on any atom is 0.240 e. The van der Waals surface area contributed by atoms with Gasteiger partial charge in [-0.05, 0) is 43.4 Å². The van der Waals surface area contributed by atoms with Crippen LogP contribution in [0.4, 0.5) is 4.39 Å². The fraction of sp³-hybridized carbons (Fsp3) is 0.588. The van der Waals surface area contributed by atoms with Crippen LogP contribution in [0.3, 0.4) is 0 Å². The molecule has 1 fully saturated rings. The lowest BCUT2D eigenvalue weighted by Crippen LogP contribution is -2.46. The summed E-state index contributed by atoms with van der Waals surface area (Å²) in [6, 6.07) is 3.67. The number of carbonyl (C=O) groups excluding carboxylic acids is 1. The third kappa shape index (κ3) is 4.77. The van der Waals surface area contributed by atoms with Crippen molar-refractivity contribution >= 4 is 15.9 Å². The summed E-state index contributed by atoms with van der Waals surface area (Å²) in [5, 5.41) is 0. The molecule has 5 nitrogen and oxygen atoms in total. The van der Waals surface area contributed by atoms with Gasteiger partial charge in [-0.25, -0.2) is 17.5 Å². The minimum absolute atomic E-state index is 0.0658. The number of rotatable bonds is 5. The van der Waals surface area contributed by atoms with Gasteiger partial charge in [-0.1, -0.05) is 19.9 Å². The Labute approximate surface area is 143 Å². The summed E-state index contributed by atoms with van der Waals surface area (Å²) in [4.78, 5) is 13.8. The Morgan fingerprint density at radius 2 is 1.96 bits per heavy atom. The van der Waals surface area contributed by atoms with Crippen LogP contribution in [0.1, 0.15) is 38.7 Å². The van der Waals surface area contributed by atoms with Crippen LogP contribution in [0.5, 0.6) is 0 Å². The third-order valence-electron chi connectivity index (χ3n) is 4.21. The van der Waals surface area contributed by atoms with Crippen LogP contribution < -0.4 is 4.72 Å². The summed E-state index contributed by atoms with van der Waals surface area (Å²) in [6.07, 6.45) is 1.65. The van der Waals surface area contributed by atoms with E-state index in [9.17, 15) is 17.6 Å². The van der Waals surface area contributed by atoms with E-state index in [1.54, 1.807) is 11.8 Å². The molecular weight excluding hydrogens is 331 g/mol. The number of halogens is 1. The number of benzene rings is 1. The zero-order valence-electron chi connectivity index (χ0n) is 14.4. The minimum atomic E-state index is -3.75. The molecule has 1 aromatic carbocycles. The molecule has 0 unspecified atom stereocenters. The molecule has 0 radical (unpaired) electrons. The van der Waals surface area contributed by atoms with E-state index in [-0.39, 0.29) is 16.8 Å². The molecule has 1 aromatic rings. The van der Waals surface area contributed by atoms with Crippen molar-refractivity contribution in [3.05, 3.63) is 29.6 Å². The second-order valence-electron chi connectivity index (χ2n) is 6.79. The standard InChI is InChI=1S/C17H25FN2O3S/c1-12(2)10-17(21)20-8-6-14(7-9-20)19-24(22,23)15-5-4-13(3)16(18)11-15/h4-5,11-12,14,19H,6-10H2,1-3H3. The molecule has 0 aromatic heterocycles. The number of amides is 1. The summed E-state index contributed by atoms with van der Waals surface area (Å²) >= 11 is 0. The van der Waals surface area contributed by atoms with Crippen molar-refractivity contribution in [2.24, 2.45) is 5.92 Å². The topological polar surface area (TPSA) is 66.5 Å². The van der Waals surface area contributed by atoms with E-state index in [1.165, 1.54) is 12.1 Å². The number of aryl methyl sites for hydroxylation is 1. The zero-order valence-corrected chi connectivity index (χ0v) is 15.2. The first-order valence-corrected chi connectivity index (χ1v) is 9.73. The third-order valence-corrected chi connectivity index (χ3v) is 5.72. The van der Waals surface area contributed by atoms with Gasteiger partial charge < -0.3 is 4.90 Å². The maximum atomic E-state index is 13.6. The van der Waals surface area contributed by atoms with E-state index in [0.717, 1.165) is 6.07 Å². The lowest BCUT2D eigenvalue weighted by Gasteiger charge is -2.32. The van der Waals surface area contributed by atoms with E-state index >= 15 is 0 Å². The van der Waals surface area contributed by atoms with Crippen molar-refractivity contribution in [1.82, 2.24) is 9.62 Å². The van der Waals surface area contributed by atoms with Crippen molar-refractivity contribution in [2.45, 2.75) is 51.0 Å². The second-order valence-corrected chi connectivity index (χ2v) is 8.50. The first kappa shape index (κ1) is 18.9. The Morgan fingerprint density at radius 1 is 1.33 bits per heavy atom. The summed E-state index contributed by atoms with van der Waals surface area (Å²) in [5.41, 5.74) is 0.408. The number of hydrogen-bond acceptors (Lipinski definition) is 3. The summed E-state index contributed by atoms with van der Waals surface area (Å²) < 4.78 is 41.0. The second kappa shape index (κ2) is 7.61. The highest BCUT2D eigenvalue weighted by Gasteiger charge is 2.27. The van der Waals surface area contributed by atoms with Crippen LogP contribution in [-0.4, -0.2) is 38.4 Å². The van der Waals surface area contributed by atoms with Gasteiger partial charge in [0.1, 0.15) is 5.82 Å². The van der Waals surface area contributed by atoms with Crippen molar-refractivity contribution in [1.29, 1.82) is 0 Å². The van der Waals surface area contributed by atoms with Crippen LogP contribution in [0, 0.1) is 18.7 Å². The van der Waals surface area contributed by atoms with Crippen LogP contribution in [0.2, 0.25) is 0 Å². The lowest BCUT2D eigenvalue weighted by molar-refractivity contribution is -0.133. The van der Waals surface area contributed by atoms with Crippen molar-refractivity contribution in [3.63, 3.8) is 0 Å². The number of sulfonamides is 1. The van der Waals surface area contributed by atoms with Crippen molar-refractivity contribution in [3.8, 4) is 0 Å². The predicted molar refractivity (Wildman–Crippen MR) is 90.5 cm³/mol. The largest absolute Gasteiger partial charge is 0.343 e. The Hall–Kier alpha value is -1.47. The van der Waals surface area contributed by atoms with E-state index < -0.39 is 15.8 Å². The number of hydrogen-bond donors (Lipinski definition) is 1. The molecule has 0 aliphatic carbocycles. The zero-order chi connectivity index (χ0) is 17.9. The first-order chi connectivity index (χ1) is 11.2. The molecule has 0 bridgehead atoms. The average molecular weight is 356 g/mol. The molecule has 0 atom stereocenters. The molecule has 1 aliphatic rings. The highest BCUT2D eigenvalue weighted by Crippen LogP contribution is 2.18. The first-order valence-electron chi connectivity index (χ1n) is 8.25. The van der Waals surface area contributed by atoms with Gasteiger partial charge in [0.25, 0.3) is 0 Å². The van der Waals surface area contributed by atoms with Crippen LogP contribution in [-0.2, 0) is 14.8 Å². The number of carbonyl (C=O) groups is 1. The molecule has 1 aliphatic heterocycles. The summed E-state index contributed by atoms with van der Waals surface area (Å²) in [7, 11) is -3.75. The number of likely N-dealkylation sites (tertiary alicyclic amines) is 1. The molecule has 0 spiro atoms. The fourth-order valence-corrected chi connectivity index (χ4v) is 4.07. The smallest absolute Gasteiger partial charge is 0.240 e. The fourth-order valence-electron chi connectivity index (χ4n) is 2.75. The molecular formula is C17H25FN2O3S. The van der Waals surface area contributed by atoms with Gasteiger partial charge in [0.15, 0.2) is 0 Å². The van der Waals surface area contributed by atoms with Gasteiger partial charge in [-0.15, -0.1) is 0 Å². The Kier molecular flexibility index (Phi) is 5.98. The Balaban J connectivity index is 1.95. The van der Waals surface area contributed by atoms with Gasteiger partial charge in [0, 0.05) is 25.6 Å². The quantitative estimate of drug-likeness (QED) is 0.881. The van der Waals surface area contributed by atoms with Gasteiger partial charge in [0.05, 0.1) is 4.90 Å². The predicted octanol–water partition coefficient (Wildman–Crippen LogP) is 2.45. The summed E-state index contributed by atoms with van der Waals surface area (Å²) in [6.45, 7) is 6.67. The summed E-state index contributed by atoms with van der Waals surface area (Å²) in [5.74, 6) is -0.107. The molecule has 0 saturated carbocycles. The maximum absolute atomic E-state index is 13.6. The van der Waals surface area contributed by atoms with Crippen molar-refractivity contribution < 1.29 is 17.6 Å². The van der Waals surface area contributed by atoms with Gasteiger partial charge >= 0.3 is 0 Å². The molecule has 1 saturated heterocycles. The van der Waals surface area contributed by atoms with Crippen LogP contribution in [0.25, 0.3) is 0 Å². The Bertz CT molecular complexity index is 696. The van der Waals surface area contributed by atoms with Gasteiger partial charge in [0.2, 0.25) is 15.9 Å². The van der Waals surface area contributed by atoms with E-state index in [4.69, 9.17) is 0 Å². The van der Waals surface area contributed by atoms with Crippen LogP contribution >= 0.6 is 0 Å².